The molecular formula is C34H37ClN6O4. The lowest BCUT2D eigenvalue weighted by Crippen LogP contribution is -2.27. The third-order valence-electron chi connectivity index (χ3n) is 8.73. The van der Waals surface area contributed by atoms with Crippen LogP contribution in [0.25, 0.3) is 10.9 Å². The average molecular weight is 630 g/mol. The maximum absolute atomic E-state index is 13.7. The number of benzene rings is 2. The van der Waals surface area contributed by atoms with Crippen molar-refractivity contribution < 1.29 is 20.4 Å². The third kappa shape index (κ3) is 4.99. The zero-order valence-electron chi connectivity index (χ0n) is 27.5. The van der Waals surface area contributed by atoms with E-state index >= 15 is 0 Å². The summed E-state index contributed by atoms with van der Waals surface area (Å²) in [5, 5.41) is 11.9. The van der Waals surface area contributed by atoms with E-state index in [-0.39, 0.29) is 23.3 Å². The summed E-state index contributed by atoms with van der Waals surface area (Å²) in [5.74, 6) is 1.96. The summed E-state index contributed by atoms with van der Waals surface area (Å²) in [6.45, 7) is 11.6. The van der Waals surface area contributed by atoms with Crippen LogP contribution in [0.15, 0.2) is 36.5 Å². The van der Waals surface area contributed by atoms with Crippen LogP contribution in [0.2, 0.25) is 5.02 Å². The summed E-state index contributed by atoms with van der Waals surface area (Å²) < 4.78 is 21.8. The Kier molecular flexibility index (Phi) is 6.23. The molecule has 10 nitrogen and oxygen atoms in total. The minimum Gasteiger partial charge on any atom is -0.496 e. The lowest BCUT2D eigenvalue weighted by atomic mass is 9.83. The van der Waals surface area contributed by atoms with E-state index in [0.29, 0.717) is 56.9 Å². The number of ether oxygens (including phenoxy) is 2. The molecule has 2 N–H and O–H groups in total. The van der Waals surface area contributed by atoms with Gasteiger partial charge in [0.15, 0.2) is 11.6 Å². The van der Waals surface area contributed by atoms with Crippen LogP contribution < -0.4 is 15.4 Å². The second-order valence-electron chi connectivity index (χ2n) is 14.3. The maximum Gasteiger partial charge on any atom is 0.435 e. The van der Waals surface area contributed by atoms with Crippen molar-refractivity contribution in [3.63, 3.8) is 0 Å². The lowest BCUT2D eigenvalue weighted by Gasteiger charge is -2.23. The van der Waals surface area contributed by atoms with Gasteiger partial charge >= 0.3 is 6.09 Å². The van der Waals surface area contributed by atoms with Crippen LogP contribution in [-0.2, 0) is 20.4 Å². The summed E-state index contributed by atoms with van der Waals surface area (Å²) in [6.07, 6.45) is 3.53. The Bertz CT molecular complexity index is 1960. The SMILES string of the molecule is [2H]c1c(OC)c(C(C)(C)C)cc2c1[C@]1(C[C@H]1c1ccc3c(Nc4nc(C5CC5)ncc4Cl)nn(C(=O)OC(C)(C)C)c3c1)C(=O)N2. The Labute approximate surface area is 268 Å². The molecule has 2 aromatic heterocycles. The van der Waals surface area contributed by atoms with Gasteiger partial charge in [0.05, 0.1) is 25.6 Å². The summed E-state index contributed by atoms with van der Waals surface area (Å²) in [7, 11) is 1.56. The number of hydrogen-bond donors (Lipinski definition) is 2. The molecule has 234 valence electrons. The molecule has 2 fully saturated rings. The minimum absolute atomic E-state index is 0.137. The molecule has 4 aromatic rings. The number of halogens is 1. The second kappa shape index (κ2) is 9.91. The number of nitrogens with zero attached hydrogens (tertiary/aromatic N) is 4. The van der Waals surface area contributed by atoms with Crippen LogP contribution in [0.5, 0.6) is 5.75 Å². The highest BCUT2D eigenvalue weighted by atomic mass is 35.5. The molecule has 0 unspecified atom stereocenters. The van der Waals surface area contributed by atoms with Crippen molar-refractivity contribution in [2.75, 3.05) is 17.7 Å². The van der Waals surface area contributed by atoms with Gasteiger partial charge in [-0.2, -0.15) is 4.68 Å². The Morgan fingerprint density at radius 1 is 1.18 bits per heavy atom. The first kappa shape index (κ1) is 28.3. The fourth-order valence-corrected chi connectivity index (χ4v) is 6.38. The molecule has 2 atom stereocenters. The van der Waals surface area contributed by atoms with Crippen molar-refractivity contribution in [2.45, 2.75) is 89.1 Å². The van der Waals surface area contributed by atoms with Crippen LogP contribution in [-0.4, -0.2) is 44.5 Å². The van der Waals surface area contributed by atoms with Crippen LogP contribution in [0.4, 0.5) is 22.1 Å². The minimum atomic E-state index is -0.907. The third-order valence-corrected chi connectivity index (χ3v) is 9.01. The number of hydrogen-bond acceptors (Lipinski definition) is 8. The molecule has 1 aliphatic heterocycles. The molecule has 2 aliphatic carbocycles. The molecule has 45 heavy (non-hydrogen) atoms. The fourth-order valence-electron chi connectivity index (χ4n) is 6.24. The fraction of sp³-hybridized carbons (Fsp3) is 0.441. The standard InChI is InChI=1S/C34H37ClN6O4/c1-32(2,3)21-13-24-20(14-26(21)44-7)34(30(42)37-24)15-22(34)18-10-11-19-25(12-18)41(31(43)45-33(4,5)6)40-28(19)39-29-23(35)16-36-27(38-29)17-8-9-17/h10-14,16-17,22H,8-9,15H2,1-7H3,(H,37,42)(H,36,38,39,40)/t22-,34-/m0/s1/i14D. The molecule has 2 saturated carbocycles. The first-order valence-electron chi connectivity index (χ1n) is 15.7. The van der Waals surface area contributed by atoms with Gasteiger partial charge in [0.1, 0.15) is 22.2 Å². The van der Waals surface area contributed by atoms with Crippen molar-refractivity contribution in [3.05, 3.63) is 64.0 Å². The molecule has 3 heterocycles. The van der Waals surface area contributed by atoms with E-state index in [1.165, 1.54) is 4.68 Å². The number of carbonyl (C=O) groups is 2. The van der Waals surface area contributed by atoms with Gasteiger partial charge in [-0.15, -0.1) is 5.10 Å². The highest BCUT2D eigenvalue weighted by molar-refractivity contribution is 6.33. The summed E-state index contributed by atoms with van der Waals surface area (Å²) in [5.41, 5.74) is 1.58. The van der Waals surface area contributed by atoms with E-state index in [9.17, 15) is 9.59 Å². The van der Waals surface area contributed by atoms with Gasteiger partial charge in [-0.1, -0.05) is 38.4 Å². The highest BCUT2D eigenvalue weighted by Gasteiger charge is 2.65. The summed E-state index contributed by atoms with van der Waals surface area (Å²) >= 11 is 6.47. The molecular weight excluding hydrogens is 592 g/mol. The zero-order chi connectivity index (χ0) is 32.9. The largest absolute Gasteiger partial charge is 0.496 e. The molecule has 1 spiro atoms. The van der Waals surface area contributed by atoms with Crippen molar-refractivity contribution in [3.8, 4) is 5.75 Å². The predicted octanol–water partition coefficient (Wildman–Crippen LogP) is 7.57. The van der Waals surface area contributed by atoms with Crippen LogP contribution in [0.1, 0.15) is 96.5 Å². The Balaban J connectivity index is 1.31. The zero-order valence-corrected chi connectivity index (χ0v) is 27.2. The number of methoxy groups -OCH3 is 1. The maximum atomic E-state index is 13.7. The number of carbonyl (C=O) groups excluding carboxylic acids is 2. The van der Waals surface area contributed by atoms with Crippen LogP contribution >= 0.6 is 11.6 Å². The second-order valence-corrected chi connectivity index (χ2v) is 14.7. The van der Waals surface area contributed by atoms with Gasteiger partial charge < -0.3 is 20.1 Å². The summed E-state index contributed by atoms with van der Waals surface area (Å²) in [6, 6.07) is 7.87. The van der Waals surface area contributed by atoms with Crippen molar-refractivity contribution in [1.82, 2.24) is 19.7 Å². The van der Waals surface area contributed by atoms with E-state index in [2.05, 4.69) is 46.5 Å². The van der Waals surface area contributed by atoms with Crippen LogP contribution in [0.3, 0.4) is 0 Å². The molecule has 11 heteroatoms. The molecule has 3 aliphatic rings. The molecule has 0 bridgehead atoms. The van der Waals surface area contributed by atoms with Gasteiger partial charge in [0, 0.05) is 28.5 Å². The van der Waals surface area contributed by atoms with E-state index in [0.717, 1.165) is 29.8 Å². The van der Waals surface area contributed by atoms with Gasteiger partial charge in [-0.3, -0.25) is 4.79 Å². The molecule has 2 aromatic carbocycles. The van der Waals surface area contributed by atoms with Crippen LogP contribution in [0, 0.1) is 0 Å². The number of fused-ring (bicyclic) bond motifs is 3. The van der Waals surface area contributed by atoms with Crippen molar-refractivity contribution in [1.29, 1.82) is 0 Å². The van der Waals surface area contributed by atoms with E-state index in [1.54, 1.807) is 34.1 Å². The molecule has 0 radical (unpaired) electrons. The number of aromatic nitrogens is 4. The number of rotatable bonds is 5. The topological polar surface area (TPSA) is 120 Å². The van der Waals surface area contributed by atoms with Gasteiger partial charge in [0.2, 0.25) is 5.91 Å². The lowest BCUT2D eigenvalue weighted by molar-refractivity contribution is -0.118. The highest BCUT2D eigenvalue weighted by Crippen LogP contribution is 2.66. The van der Waals surface area contributed by atoms with Gasteiger partial charge in [0.25, 0.3) is 0 Å². The van der Waals surface area contributed by atoms with E-state index in [1.807, 2.05) is 24.3 Å². The first-order valence-corrected chi connectivity index (χ1v) is 15.6. The monoisotopic (exact) mass is 629 g/mol. The van der Waals surface area contributed by atoms with Gasteiger partial charge in [-0.25, -0.2) is 14.8 Å². The Hall–Kier alpha value is -4.18. The molecule has 0 saturated heterocycles. The first-order chi connectivity index (χ1) is 21.6. The normalized spacial score (nSPS) is 21.0. The summed E-state index contributed by atoms with van der Waals surface area (Å²) in [4.78, 5) is 36.1. The molecule has 7 rings (SSSR count). The number of nitrogens with one attached hydrogen (secondary N) is 2. The molecule has 1 amide bonds. The predicted molar refractivity (Wildman–Crippen MR) is 173 cm³/mol. The number of anilines is 3. The smallest absolute Gasteiger partial charge is 0.435 e. The van der Waals surface area contributed by atoms with Crippen molar-refractivity contribution in [2.24, 2.45) is 0 Å². The Morgan fingerprint density at radius 2 is 1.93 bits per heavy atom. The van der Waals surface area contributed by atoms with E-state index < -0.39 is 17.1 Å². The van der Waals surface area contributed by atoms with E-state index in [4.69, 9.17) is 22.4 Å². The quantitative estimate of drug-likeness (QED) is 0.232. The average Bonchev–Trinajstić information content (AvgIpc) is 3.88. The number of amides is 1. The van der Waals surface area contributed by atoms with Crippen molar-refractivity contribution >= 4 is 51.8 Å². The Morgan fingerprint density at radius 3 is 2.60 bits per heavy atom. The van der Waals surface area contributed by atoms with Gasteiger partial charge in [-0.05, 0) is 80.8 Å².